The molecule has 0 saturated carbocycles. The fourth-order valence-corrected chi connectivity index (χ4v) is 4.66. The number of carbonyl (C=O) groups is 2. The second kappa shape index (κ2) is 8.47. The fourth-order valence-electron chi connectivity index (χ4n) is 2.87. The molecule has 0 aliphatic carbocycles. The lowest BCUT2D eigenvalue weighted by Gasteiger charge is -2.15. The molecular formula is C18H22N4O5S2. The van der Waals surface area contributed by atoms with E-state index >= 15 is 0 Å². The van der Waals surface area contributed by atoms with Crippen molar-refractivity contribution in [3.05, 3.63) is 29.3 Å². The van der Waals surface area contributed by atoms with Gasteiger partial charge in [-0.15, -0.1) is 11.3 Å². The lowest BCUT2D eigenvalue weighted by Crippen LogP contribution is -2.23. The van der Waals surface area contributed by atoms with Gasteiger partial charge in [-0.1, -0.05) is 0 Å². The zero-order valence-electron chi connectivity index (χ0n) is 16.3. The van der Waals surface area contributed by atoms with Crippen LogP contribution in [0.15, 0.2) is 28.5 Å². The summed E-state index contributed by atoms with van der Waals surface area (Å²) in [7, 11) is 0.650. The number of hydrogen-bond donors (Lipinski definition) is 1. The van der Waals surface area contributed by atoms with Gasteiger partial charge in [-0.3, -0.25) is 14.5 Å². The minimum absolute atomic E-state index is 0.00760. The van der Waals surface area contributed by atoms with Gasteiger partial charge >= 0.3 is 0 Å². The average molecular weight is 439 g/mol. The van der Waals surface area contributed by atoms with Gasteiger partial charge in [0.15, 0.2) is 5.13 Å². The molecule has 0 radical (unpaired) electrons. The van der Waals surface area contributed by atoms with Gasteiger partial charge < -0.3 is 10.1 Å². The first-order valence-electron chi connectivity index (χ1n) is 8.87. The summed E-state index contributed by atoms with van der Waals surface area (Å²) in [5, 5.41) is 5.02. The Labute approximate surface area is 173 Å². The first kappa shape index (κ1) is 21.2. The van der Waals surface area contributed by atoms with Crippen LogP contribution in [0.4, 0.5) is 10.8 Å². The quantitative estimate of drug-likeness (QED) is 0.705. The van der Waals surface area contributed by atoms with E-state index in [1.165, 1.54) is 50.7 Å². The number of benzene rings is 1. The van der Waals surface area contributed by atoms with Crippen LogP contribution in [0, 0.1) is 0 Å². The number of carbonyl (C=O) groups excluding carboxylic acids is 2. The van der Waals surface area contributed by atoms with Gasteiger partial charge in [0, 0.05) is 32.4 Å². The predicted octanol–water partition coefficient (Wildman–Crippen LogP) is 1.71. The summed E-state index contributed by atoms with van der Waals surface area (Å²) in [5.41, 5.74) is 0.795. The summed E-state index contributed by atoms with van der Waals surface area (Å²) in [6.45, 7) is 0.641. The van der Waals surface area contributed by atoms with E-state index in [-0.39, 0.29) is 28.8 Å². The molecule has 1 aliphatic heterocycles. The van der Waals surface area contributed by atoms with E-state index in [1.807, 2.05) is 0 Å². The molecule has 1 saturated heterocycles. The number of rotatable bonds is 7. The second-order valence-electron chi connectivity index (χ2n) is 6.64. The van der Waals surface area contributed by atoms with Crippen LogP contribution in [0.25, 0.3) is 0 Å². The standard InChI is InChI=1S/C18H22N4O5S2/c1-21(2)29(25,26)13-6-7-15(27-3)14(10-13)20-16(23)9-12-11-28-18(19-12)22-8-4-5-17(22)24/h6-7,10-11H,4-5,8-9H2,1-3H3,(H,20,23). The number of methoxy groups -OCH3 is 1. The van der Waals surface area contributed by atoms with Crippen molar-refractivity contribution >= 4 is 44.0 Å². The van der Waals surface area contributed by atoms with Gasteiger partial charge in [0.25, 0.3) is 0 Å². The molecule has 1 N–H and O–H groups in total. The number of aromatic nitrogens is 1. The van der Waals surface area contributed by atoms with Gasteiger partial charge in [0.1, 0.15) is 5.75 Å². The monoisotopic (exact) mass is 438 g/mol. The Bertz CT molecular complexity index is 1030. The molecule has 156 valence electrons. The topological polar surface area (TPSA) is 109 Å². The van der Waals surface area contributed by atoms with E-state index in [9.17, 15) is 18.0 Å². The van der Waals surface area contributed by atoms with Crippen LogP contribution >= 0.6 is 11.3 Å². The fraction of sp³-hybridized carbons (Fsp3) is 0.389. The molecule has 3 rings (SSSR count). The van der Waals surface area contributed by atoms with Crippen LogP contribution in [-0.4, -0.2) is 57.3 Å². The minimum atomic E-state index is -3.65. The molecule has 1 aromatic heterocycles. The third-order valence-corrected chi connectivity index (χ3v) is 7.13. The highest BCUT2D eigenvalue weighted by atomic mass is 32.2. The van der Waals surface area contributed by atoms with Crippen LogP contribution in [0.3, 0.4) is 0 Å². The number of hydrogen-bond acceptors (Lipinski definition) is 7. The van der Waals surface area contributed by atoms with Crippen LogP contribution < -0.4 is 15.0 Å². The summed E-state index contributed by atoms with van der Waals surface area (Å²) in [5.74, 6) is 0.0176. The van der Waals surface area contributed by atoms with Crippen molar-refractivity contribution in [2.24, 2.45) is 0 Å². The Morgan fingerprint density at radius 1 is 1.38 bits per heavy atom. The molecule has 0 bridgehead atoms. The molecule has 2 aromatic rings. The van der Waals surface area contributed by atoms with Crippen molar-refractivity contribution < 1.29 is 22.7 Å². The predicted molar refractivity (Wildman–Crippen MR) is 110 cm³/mol. The lowest BCUT2D eigenvalue weighted by molar-refractivity contribution is -0.117. The number of nitrogens with zero attached hydrogens (tertiary/aromatic N) is 3. The molecular weight excluding hydrogens is 416 g/mol. The molecule has 0 atom stereocenters. The Hall–Kier alpha value is -2.50. The van der Waals surface area contributed by atoms with E-state index in [1.54, 1.807) is 10.3 Å². The van der Waals surface area contributed by atoms with Crippen molar-refractivity contribution in [3.63, 3.8) is 0 Å². The number of ether oxygens (including phenoxy) is 1. The Morgan fingerprint density at radius 3 is 2.76 bits per heavy atom. The zero-order chi connectivity index (χ0) is 21.2. The van der Waals surface area contributed by atoms with Gasteiger partial charge in [-0.05, 0) is 24.6 Å². The highest BCUT2D eigenvalue weighted by Crippen LogP contribution is 2.29. The van der Waals surface area contributed by atoms with E-state index < -0.39 is 10.0 Å². The van der Waals surface area contributed by atoms with E-state index in [0.29, 0.717) is 29.5 Å². The smallest absolute Gasteiger partial charge is 0.242 e. The maximum Gasteiger partial charge on any atom is 0.242 e. The molecule has 0 spiro atoms. The van der Waals surface area contributed by atoms with Gasteiger partial charge in [0.05, 0.1) is 29.8 Å². The third-order valence-electron chi connectivity index (χ3n) is 4.41. The summed E-state index contributed by atoms with van der Waals surface area (Å²) >= 11 is 1.32. The highest BCUT2D eigenvalue weighted by Gasteiger charge is 2.25. The summed E-state index contributed by atoms with van der Waals surface area (Å²) in [4.78, 5) is 30.4. The van der Waals surface area contributed by atoms with E-state index in [0.717, 1.165) is 10.7 Å². The van der Waals surface area contributed by atoms with Gasteiger partial charge in [-0.25, -0.2) is 17.7 Å². The molecule has 2 amide bonds. The molecule has 9 nitrogen and oxygen atoms in total. The van der Waals surface area contributed by atoms with E-state index in [2.05, 4.69) is 10.3 Å². The second-order valence-corrected chi connectivity index (χ2v) is 9.63. The molecule has 1 fully saturated rings. The van der Waals surface area contributed by atoms with Crippen molar-refractivity contribution in [1.29, 1.82) is 0 Å². The Morgan fingerprint density at radius 2 is 2.14 bits per heavy atom. The van der Waals surface area contributed by atoms with Crippen molar-refractivity contribution in [1.82, 2.24) is 9.29 Å². The van der Waals surface area contributed by atoms with Crippen LogP contribution in [0.2, 0.25) is 0 Å². The summed E-state index contributed by atoms with van der Waals surface area (Å²) in [6.07, 6.45) is 1.31. The molecule has 1 aliphatic rings. The Kier molecular flexibility index (Phi) is 6.20. The van der Waals surface area contributed by atoms with Crippen LogP contribution in [-0.2, 0) is 26.0 Å². The molecule has 29 heavy (non-hydrogen) atoms. The van der Waals surface area contributed by atoms with Crippen LogP contribution in [0.1, 0.15) is 18.5 Å². The maximum absolute atomic E-state index is 12.5. The normalized spacial score (nSPS) is 14.5. The minimum Gasteiger partial charge on any atom is -0.495 e. The molecule has 1 aromatic carbocycles. The molecule has 2 heterocycles. The number of anilines is 2. The van der Waals surface area contributed by atoms with Crippen molar-refractivity contribution in [3.8, 4) is 5.75 Å². The number of nitrogens with one attached hydrogen (secondary N) is 1. The zero-order valence-corrected chi connectivity index (χ0v) is 18.0. The van der Waals surface area contributed by atoms with Crippen molar-refractivity contribution in [2.75, 3.05) is 38.0 Å². The third kappa shape index (κ3) is 4.57. The van der Waals surface area contributed by atoms with Gasteiger partial charge in [-0.2, -0.15) is 0 Å². The summed E-state index contributed by atoms with van der Waals surface area (Å²) in [6, 6.07) is 4.27. The number of sulfonamides is 1. The maximum atomic E-state index is 12.5. The van der Waals surface area contributed by atoms with Crippen LogP contribution in [0.5, 0.6) is 5.75 Å². The molecule has 0 unspecified atom stereocenters. The molecule has 11 heteroatoms. The highest BCUT2D eigenvalue weighted by molar-refractivity contribution is 7.89. The van der Waals surface area contributed by atoms with E-state index in [4.69, 9.17) is 4.74 Å². The van der Waals surface area contributed by atoms with Gasteiger partial charge in [0.2, 0.25) is 21.8 Å². The largest absolute Gasteiger partial charge is 0.495 e. The van der Waals surface area contributed by atoms with Crippen molar-refractivity contribution in [2.45, 2.75) is 24.2 Å². The SMILES string of the molecule is COc1ccc(S(=O)(=O)N(C)C)cc1NC(=O)Cc1csc(N2CCCC2=O)n1. The lowest BCUT2D eigenvalue weighted by atomic mass is 10.2. The first-order valence-corrected chi connectivity index (χ1v) is 11.2. The number of thiazole rings is 1. The number of amides is 2. The summed E-state index contributed by atoms with van der Waals surface area (Å²) < 4.78 is 31.0. The first-order chi connectivity index (χ1) is 13.7. The Balaban J connectivity index is 1.75. The average Bonchev–Trinajstić information content (AvgIpc) is 3.29.